The van der Waals surface area contributed by atoms with Crippen LogP contribution in [0.5, 0.6) is 5.75 Å². The Labute approximate surface area is 181 Å². The number of rotatable bonds is 7. The molecule has 31 heavy (non-hydrogen) atoms. The van der Waals surface area contributed by atoms with Gasteiger partial charge >= 0.3 is 0 Å². The Morgan fingerprint density at radius 3 is 2.52 bits per heavy atom. The molecule has 0 radical (unpaired) electrons. The van der Waals surface area contributed by atoms with E-state index in [9.17, 15) is 19.1 Å². The molecule has 1 aliphatic rings. The van der Waals surface area contributed by atoms with Crippen molar-refractivity contribution in [1.82, 2.24) is 9.80 Å². The molecule has 3 rings (SSSR count). The molecule has 2 aromatic carbocycles. The predicted octanol–water partition coefficient (Wildman–Crippen LogP) is 3.52. The molecule has 1 aliphatic heterocycles. The van der Waals surface area contributed by atoms with Crippen molar-refractivity contribution < 1.29 is 23.8 Å². The summed E-state index contributed by atoms with van der Waals surface area (Å²) in [6.07, 6.45) is 0.604. The molecular weight excluding hydrogens is 399 g/mol. The van der Waals surface area contributed by atoms with Gasteiger partial charge in [-0.05, 0) is 63.8 Å². The Balaban J connectivity index is 2.13. The van der Waals surface area contributed by atoms with E-state index in [4.69, 9.17) is 4.74 Å². The number of hydrogen-bond acceptors (Lipinski definition) is 5. The summed E-state index contributed by atoms with van der Waals surface area (Å²) in [4.78, 5) is 29.1. The summed E-state index contributed by atoms with van der Waals surface area (Å²) in [5.41, 5.74) is 1.20. The first-order valence-electron chi connectivity index (χ1n) is 10.1. The molecule has 1 amide bonds. The Hall–Kier alpha value is -3.19. The summed E-state index contributed by atoms with van der Waals surface area (Å²) in [6, 6.07) is 9.98. The zero-order valence-corrected chi connectivity index (χ0v) is 18.2. The van der Waals surface area contributed by atoms with E-state index < -0.39 is 23.5 Å². The standard InChI is InChI=1S/C24H27FN2O4/c1-15-14-16(10-11-19(15)31-4)22(28)20-21(17-8-5-6-9-18(17)25)27(24(30)23(20)29)13-7-12-26(2)3/h5-6,8-11,14,21,28H,7,12-13H2,1-4H3/b22-20+. The van der Waals surface area contributed by atoms with Crippen LogP contribution in [-0.4, -0.2) is 60.9 Å². The van der Waals surface area contributed by atoms with E-state index in [1.165, 1.54) is 17.0 Å². The van der Waals surface area contributed by atoms with Gasteiger partial charge in [0.15, 0.2) is 0 Å². The van der Waals surface area contributed by atoms with Crippen molar-refractivity contribution in [2.24, 2.45) is 0 Å². The minimum atomic E-state index is -0.995. The molecule has 1 saturated heterocycles. The monoisotopic (exact) mass is 426 g/mol. The molecule has 1 N–H and O–H groups in total. The fourth-order valence-corrected chi connectivity index (χ4v) is 3.87. The number of amides is 1. The van der Waals surface area contributed by atoms with Gasteiger partial charge in [-0.25, -0.2) is 4.39 Å². The quantitative estimate of drug-likeness (QED) is 0.417. The van der Waals surface area contributed by atoms with E-state index in [1.54, 1.807) is 37.4 Å². The van der Waals surface area contributed by atoms with Gasteiger partial charge < -0.3 is 19.6 Å². The number of aliphatic hydroxyl groups excluding tert-OH is 1. The number of aryl methyl sites for hydroxylation is 1. The highest BCUT2D eigenvalue weighted by atomic mass is 19.1. The van der Waals surface area contributed by atoms with Crippen molar-refractivity contribution in [1.29, 1.82) is 0 Å². The lowest BCUT2D eigenvalue weighted by molar-refractivity contribution is -0.140. The van der Waals surface area contributed by atoms with Crippen LogP contribution in [0.3, 0.4) is 0 Å². The third-order valence-electron chi connectivity index (χ3n) is 5.41. The molecule has 6 nitrogen and oxygen atoms in total. The molecule has 0 spiro atoms. The SMILES string of the molecule is COc1ccc(/C(O)=C2\C(=O)C(=O)N(CCCN(C)C)C2c2ccccc2F)cc1C. The second kappa shape index (κ2) is 9.31. The highest BCUT2D eigenvalue weighted by Crippen LogP contribution is 2.40. The summed E-state index contributed by atoms with van der Waals surface area (Å²) in [7, 11) is 5.36. The summed E-state index contributed by atoms with van der Waals surface area (Å²) < 4.78 is 20.0. The molecule has 0 aliphatic carbocycles. The molecule has 1 fully saturated rings. The molecule has 0 saturated carbocycles. The van der Waals surface area contributed by atoms with Gasteiger partial charge in [0.05, 0.1) is 18.7 Å². The number of likely N-dealkylation sites (tertiary alicyclic amines) is 1. The van der Waals surface area contributed by atoms with Gasteiger partial charge in [0.1, 0.15) is 17.3 Å². The topological polar surface area (TPSA) is 70.1 Å². The van der Waals surface area contributed by atoms with Crippen molar-refractivity contribution in [2.45, 2.75) is 19.4 Å². The average molecular weight is 426 g/mol. The number of carbonyl (C=O) groups excluding carboxylic acids is 2. The number of ether oxygens (including phenoxy) is 1. The van der Waals surface area contributed by atoms with Gasteiger partial charge in [-0.15, -0.1) is 0 Å². The lowest BCUT2D eigenvalue weighted by atomic mass is 9.94. The Bertz CT molecular complexity index is 1030. The van der Waals surface area contributed by atoms with Crippen LogP contribution in [0.1, 0.15) is 29.2 Å². The third kappa shape index (κ3) is 4.46. The normalized spacial score (nSPS) is 18.1. The van der Waals surface area contributed by atoms with Gasteiger partial charge in [0, 0.05) is 17.7 Å². The van der Waals surface area contributed by atoms with Gasteiger partial charge in [-0.1, -0.05) is 18.2 Å². The van der Waals surface area contributed by atoms with Crippen molar-refractivity contribution in [3.05, 3.63) is 70.5 Å². The number of methoxy groups -OCH3 is 1. The highest BCUT2D eigenvalue weighted by molar-refractivity contribution is 6.46. The molecule has 0 aromatic heterocycles. The van der Waals surface area contributed by atoms with E-state index in [2.05, 4.69) is 0 Å². The molecule has 164 valence electrons. The van der Waals surface area contributed by atoms with Crippen LogP contribution in [0.4, 0.5) is 4.39 Å². The van der Waals surface area contributed by atoms with Crippen LogP contribution in [0.25, 0.3) is 5.76 Å². The summed E-state index contributed by atoms with van der Waals surface area (Å²) in [5.74, 6) is -1.79. The number of hydrogen-bond donors (Lipinski definition) is 1. The molecule has 1 atom stereocenters. The summed E-state index contributed by atoms with van der Waals surface area (Å²) >= 11 is 0. The maximum Gasteiger partial charge on any atom is 0.295 e. The molecular formula is C24H27FN2O4. The van der Waals surface area contributed by atoms with Crippen LogP contribution in [0.2, 0.25) is 0 Å². The Morgan fingerprint density at radius 1 is 1.19 bits per heavy atom. The lowest BCUT2D eigenvalue weighted by Gasteiger charge is -2.26. The van der Waals surface area contributed by atoms with Crippen molar-refractivity contribution in [2.75, 3.05) is 34.3 Å². The third-order valence-corrected chi connectivity index (χ3v) is 5.41. The van der Waals surface area contributed by atoms with Crippen LogP contribution in [0.15, 0.2) is 48.0 Å². The first kappa shape index (κ1) is 22.5. The molecule has 0 bridgehead atoms. The average Bonchev–Trinajstić information content (AvgIpc) is 2.98. The van der Waals surface area contributed by atoms with Crippen LogP contribution >= 0.6 is 0 Å². The van der Waals surface area contributed by atoms with E-state index in [-0.39, 0.29) is 23.4 Å². The smallest absolute Gasteiger partial charge is 0.295 e. The fraction of sp³-hybridized carbons (Fsp3) is 0.333. The van der Waals surface area contributed by atoms with Crippen LogP contribution in [0, 0.1) is 12.7 Å². The van der Waals surface area contributed by atoms with Gasteiger partial charge in [0.25, 0.3) is 11.7 Å². The first-order chi connectivity index (χ1) is 14.8. The van der Waals surface area contributed by atoms with E-state index in [0.717, 1.165) is 5.56 Å². The molecule has 1 unspecified atom stereocenters. The zero-order valence-electron chi connectivity index (χ0n) is 18.2. The zero-order chi connectivity index (χ0) is 22.7. The Morgan fingerprint density at radius 2 is 1.90 bits per heavy atom. The van der Waals surface area contributed by atoms with E-state index >= 15 is 0 Å². The maximum absolute atomic E-state index is 14.7. The number of carbonyl (C=O) groups is 2. The highest BCUT2D eigenvalue weighted by Gasteiger charge is 2.46. The minimum Gasteiger partial charge on any atom is -0.507 e. The number of nitrogens with zero attached hydrogens (tertiary/aromatic N) is 2. The molecule has 1 heterocycles. The fourth-order valence-electron chi connectivity index (χ4n) is 3.87. The van der Waals surface area contributed by atoms with Gasteiger partial charge in [-0.3, -0.25) is 9.59 Å². The minimum absolute atomic E-state index is 0.107. The number of aliphatic hydroxyl groups is 1. The number of ketones is 1. The number of halogens is 1. The van der Waals surface area contributed by atoms with E-state index in [1.807, 2.05) is 25.9 Å². The predicted molar refractivity (Wildman–Crippen MR) is 116 cm³/mol. The number of Topliss-reactive ketones (excluding diaryl/α,β-unsaturated/α-hetero) is 1. The van der Waals surface area contributed by atoms with Crippen LogP contribution in [-0.2, 0) is 9.59 Å². The number of benzene rings is 2. The summed E-state index contributed by atoms with van der Waals surface area (Å²) in [6.45, 7) is 2.77. The second-order valence-electron chi connectivity index (χ2n) is 7.86. The van der Waals surface area contributed by atoms with Crippen molar-refractivity contribution in [3.63, 3.8) is 0 Å². The van der Waals surface area contributed by atoms with Crippen LogP contribution < -0.4 is 4.74 Å². The maximum atomic E-state index is 14.7. The van der Waals surface area contributed by atoms with E-state index in [0.29, 0.717) is 24.3 Å². The Kier molecular flexibility index (Phi) is 6.75. The second-order valence-corrected chi connectivity index (χ2v) is 7.86. The van der Waals surface area contributed by atoms with Gasteiger partial charge in [-0.2, -0.15) is 0 Å². The first-order valence-corrected chi connectivity index (χ1v) is 10.1. The summed E-state index contributed by atoms with van der Waals surface area (Å²) in [5, 5.41) is 11.1. The van der Waals surface area contributed by atoms with Crippen molar-refractivity contribution >= 4 is 17.4 Å². The van der Waals surface area contributed by atoms with Crippen molar-refractivity contribution in [3.8, 4) is 5.75 Å². The molecule has 2 aromatic rings. The van der Waals surface area contributed by atoms with Gasteiger partial charge in [0.2, 0.25) is 0 Å². The molecule has 7 heteroatoms. The largest absolute Gasteiger partial charge is 0.507 e. The lowest BCUT2D eigenvalue weighted by Crippen LogP contribution is -2.32.